The van der Waals surface area contributed by atoms with Gasteiger partial charge in [-0.3, -0.25) is 0 Å². The molecule has 3 nitrogen and oxygen atoms in total. The van der Waals surface area contributed by atoms with Crippen LogP contribution in [-0.4, -0.2) is 19.0 Å². The van der Waals surface area contributed by atoms with E-state index in [0.717, 1.165) is 12.0 Å². The van der Waals surface area contributed by atoms with E-state index in [1.807, 2.05) is 12.1 Å². The fourth-order valence-electron chi connectivity index (χ4n) is 1.69. The Hall–Kier alpha value is -1.42. The molecule has 0 aromatic heterocycles. The van der Waals surface area contributed by atoms with Crippen LogP contribution in [0, 0.1) is 5.41 Å². The lowest BCUT2D eigenvalue weighted by molar-refractivity contribution is 0.627. The Labute approximate surface area is 83.4 Å². The third kappa shape index (κ3) is 1.37. The Kier molecular flexibility index (Phi) is 2.21. The standard InChI is InChI=1S/C10H9NO2S/c11-9-6-5-7-3-1-2-4-8(7)10(9)14(12)13/h1-4,11H,5-6H2. The van der Waals surface area contributed by atoms with Gasteiger partial charge in [0.15, 0.2) is 0 Å². The maximum Gasteiger partial charge on any atom is 0.223 e. The summed E-state index contributed by atoms with van der Waals surface area (Å²) in [4.78, 5) is 0.159. The van der Waals surface area contributed by atoms with E-state index in [-0.39, 0.29) is 10.6 Å². The molecular weight excluding hydrogens is 198 g/mol. The summed E-state index contributed by atoms with van der Waals surface area (Å²) in [5.74, 6) is 0. The number of benzene rings is 1. The van der Waals surface area contributed by atoms with E-state index in [2.05, 4.69) is 0 Å². The number of fused-ring (bicyclic) bond motifs is 1. The minimum absolute atomic E-state index is 0.159. The highest BCUT2D eigenvalue weighted by molar-refractivity contribution is 7.75. The Bertz CT molecular complexity index is 521. The maximum absolute atomic E-state index is 10.9. The van der Waals surface area contributed by atoms with Gasteiger partial charge in [-0.25, -0.2) is 0 Å². The zero-order valence-electron chi connectivity index (χ0n) is 7.45. The van der Waals surface area contributed by atoms with Crippen molar-refractivity contribution in [1.29, 1.82) is 5.41 Å². The van der Waals surface area contributed by atoms with Crippen LogP contribution in [0.4, 0.5) is 0 Å². The lowest BCUT2D eigenvalue weighted by atomic mass is 9.90. The fraction of sp³-hybridized carbons (Fsp3) is 0.200. The second kappa shape index (κ2) is 3.38. The van der Waals surface area contributed by atoms with E-state index < -0.39 is 10.3 Å². The topological polar surface area (TPSA) is 58.0 Å². The van der Waals surface area contributed by atoms with Crippen LogP contribution < -0.4 is 0 Å². The van der Waals surface area contributed by atoms with Crippen molar-refractivity contribution >= 4 is 20.9 Å². The lowest BCUT2D eigenvalue weighted by Gasteiger charge is -2.16. The van der Waals surface area contributed by atoms with Gasteiger partial charge in [0.2, 0.25) is 10.3 Å². The second-order valence-corrected chi connectivity index (χ2v) is 4.08. The summed E-state index contributed by atoms with van der Waals surface area (Å²) >= 11 is 0. The predicted octanol–water partition coefficient (Wildman–Crippen LogP) is 1.05. The van der Waals surface area contributed by atoms with Crippen LogP contribution in [0.3, 0.4) is 0 Å². The first kappa shape index (κ1) is 9.15. The minimum atomic E-state index is -2.30. The van der Waals surface area contributed by atoms with Crippen LogP contribution in [-0.2, 0) is 16.7 Å². The van der Waals surface area contributed by atoms with Crippen LogP contribution in [0.1, 0.15) is 17.5 Å². The first-order valence-corrected chi connectivity index (χ1v) is 5.40. The minimum Gasteiger partial charge on any atom is -0.304 e. The summed E-state index contributed by atoms with van der Waals surface area (Å²) in [6.45, 7) is 0. The molecule has 0 atom stereocenters. The van der Waals surface area contributed by atoms with E-state index in [9.17, 15) is 8.42 Å². The van der Waals surface area contributed by atoms with E-state index >= 15 is 0 Å². The van der Waals surface area contributed by atoms with Crippen LogP contribution in [0.5, 0.6) is 0 Å². The van der Waals surface area contributed by atoms with E-state index in [4.69, 9.17) is 5.41 Å². The van der Waals surface area contributed by atoms with Crippen molar-refractivity contribution in [3.63, 3.8) is 0 Å². The van der Waals surface area contributed by atoms with E-state index in [1.54, 1.807) is 12.1 Å². The van der Waals surface area contributed by atoms with Crippen molar-refractivity contribution in [3.8, 4) is 0 Å². The molecule has 0 radical (unpaired) electrons. The molecule has 0 bridgehead atoms. The quantitative estimate of drug-likeness (QED) is 0.646. The van der Waals surface area contributed by atoms with Gasteiger partial charge in [-0.05, 0) is 18.4 Å². The molecule has 1 aliphatic rings. The number of rotatable bonds is 0. The molecule has 1 aromatic rings. The van der Waals surface area contributed by atoms with Gasteiger partial charge >= 0.3 is 0 Å². The molecule has 0 amide bonds. The smallest absolute Gasteiger partial charge is 0.223 e. The van der Waals surface area contributed by atoms with Crippen molar-refractivity contribution in [2.45, 2.75) is 12.8 Å². The van der Waals surface area contributed by atoms with Crippen molar-refractivity contribution < 1.29 is 8.42 Å². The zero-order valence-corrected chi connectivity index (χ0v) is 8.26. The molecule has 0 fully saturated rings. The highest BCUT2D eigenvalue weighted by Gasteiger charge is 2.20. The third-order valence-corrected chi connectivity index (χ3v) is 3.15. The summed E-state index contributed by atoms with van der Waals surface area (Å²) in [6, 6.07) is 7.35. The molecule has 14 heavy (non-hydrogen) atoms. The van der Waals surface area contributed by atoms with Gasteiger partial charge < -0.3 is 5.41 Å². The molecule has 0 saturated heterocycles. The largest absolute Gasteiger partial charge is 0.304 e. The van der Waals surface area contributed by atoms with Crippen molar-refractivity contribution in [2.24, 2.45) is 0 Å². The van der Waals surface area contributed by atoms with Crippen LogP contribution in [0.25, 0.3) is 0 Å². The summed E-state index contributed by atoms with van der Waals surface area (Å²) in [5, 5.41) is 7.58. The molecule has 0 aliphatic heterocycles. The zero-order chi connectivity index (χ0) is 10.1. The number of aryl methyl sites for hydroxylation is 1. The summed E-state index contributed by atoms with van der Waals surface area (Å²) < 4.78 is 21.9. The Morgan fingerprint density at radius 3 is 2.57 bits per heavy atom. The van der Waals surface area contributed by atoms with Gasteiger partial charge in [0, 0.05) is 5.56 Å². The average molecular weight is 207 g/mol. The summed E-state index contributed by atoms with van der Waals surface area (Å²) in [5.41, 5.74) is 1.93. The Morgan fingerprint density at radius 1 is 1.14 bits per heavy atom. The third-order valence-electron chi connectivity index (χ3n) is 2.35. The molecule has 4 heteroatoms. The van der Waals surface area contributed by atoms with Crippen molar-refractivity contribution in [3.05, 3.63) is 35.4 Å². The number of hydrogen-bond donors (Lipinski definition) is 1. The van der Waals surface area contributed by atoms with Crippen LogP contribution in [0.2, 0.25) is 0 Å². The Balaban J connectivity index is 2.77. The SMILES string of the molecule is N=C1CCc2ccccc2C1=S(=O)=O. The fourth-order valence-corrected chi connectivity index (χ4v) is 2.37. The second-order valence-electron chi connectivity index (χ2n) is 3.20. The molecule has 0 saturated carbocycles. The molecule has 0 unspecified atom stereocenters. The summed E-state index contributed by atoms with van der Waals surface area (Å²) in [6.07, 6.45) is 1.27. The monoisotopic (exact) mass is 207 g/mol. The highest BCUT2D eigenvalue weighted by atomic mass is 32.2. The average Bonchev–Trinajstić information content (AvgIpc) is 2.17. The van der Waals surface area contributed by atoms with Gasteiger partial charge in [0.25, 0.3) is 0 Å². The molecular formula is C10H9NO2S. The van der Waals surface area contributed by atoms with E-state index in [1.165, 1.54) is 0 Å². The van der Waals surface area contributed by atoms with Crippen LogP contribution in [0.15, 0.2) is 24.3 Å². The molecule has 1 aliphatic carbocycles. The molecule has 2 rings (SSSR count). The van der Waals surface area contributed by atoms with Gasteiger partial charge in [0.05, 0.1) is 5.71 Å². The Morgan fingerprint density at radius 2 is 1.86 bits per heavy atom. The first-order valence-electron chi connectivity index (χ1n) is 4.32. The number of hydrogen-bond acceptors (Lipinski definition) is 3. The molecule has 1 aromatic carbocycles. The maximum atomic E-state index is 10.9. The van der Waals surface area contributed by atoms with Crippen LogP contribution >= 0.6 is 0 Å². The summed E-state index contributed by atoms with van der Waals surface area (Å²) in [7, 11) is -2.30. The van der Waals surface area contributed by atoms with Gasteiger partial charge in [-0.2, -0.15) is 8.42 Å². The van der Waals surface area contributed by atoms with Gasteiger partial charge in [-0.1, -0.05) is 24.3 Å². The van der Waals surface area contributed by atoms with Crippen molar-refractivity contribution in [1.82, 2.24) is 0 Å². The number of nitrogens with one attached hydrogen (secondary N) is 1. The first-order chi connectivity index (χ1) is 6.70. The van der Waals surface area contributed by atoms with Gasteiger partial charge in [-0.15, -0.1) is 0 Å². The molecule has 72 valence electrons. The van der Waals surface area contributed by atoms with E-state index in [0.29, 0.717) is 12.0 Å². The normalized spacial score (nSPS) is 15.1. The van der Waals surface area contributed by atoms with Gasteiger partial charge in [0.1, 0.15) is 4.86 Å². The lowest BCUT2D eigenvalue weighted by Crippen LogP contribution is -2.23. The predicted molar refractivity (Wildman–Crippen MR) is 55.5 cm³/mol. The van der Waals surface area contributed by atoms with Crippen molar-refractivity contribution in [2.75, 3.05) is 0 Å². The highest BCUT2D eigenvalue weighted by Crippen LogP contribution is 2.18. The molecule has 0 spiro atoms. The molecule has 0 heterocycles. The molecule has 1 N–H and O–H groups in total.